The van der Waals surface area contributed by atoms with E-state index < -0.39 is 0 Å². The molecular formula is C9H8S2. The fraction of sp³-hybridized carbons (Fsp3) is 0.111. The molecule has 0 fully saturated rings. The number of hydrogen-bond donors (Lipinski definition) is 2. The zero-order chi connectivity index (χ0) is 7.84. The van der Waals surface area contributed by atoms with Crippen molar-refractivity contribution in [1.82, 2.24) is 0 Å². The van der Waals surface area contributed by atoms with E-state index in [1.54, 1.807) is 0 Å². The van der Waals surface area contributed by atoms with Gasteiger partial charge in [0.25, 0.3) is 0 Å². The fourth-order valence-corrected chi connectivity index (χ4v) is 1.91. The van der Waals surface area contributed by atoms with Gasteiger partial charge in [-0.2, -0.15) is 0 Å². The molecule has 0 amide bonds. The highest BCUT2D eigenvalue weighted by atomic mass is 32.1. The Morgan fingerprint density at radius 3 is 2.55 bits per heavy atom. The Morgan fingerprint density at radius 1 is 1.09 bits per heavy atom. The zero-order valence-electron chi connectivity index (χ0n) is 5.91. The summed E-state index contributed by atoms with van der Waals surface area (Å²) in [5.41, 5.74) is 2.57. The van der Waals surface area contributed by atoms with Crippen LogP contribution >= 0.6 is 25.3 Å². The number of benzene rings is 1. The molecule has 0 unspecified atom stereocenters. The average molecular weight is 180 g/mol. The van der Waals surface area contributed by atoms with E-state index >= 15 is 0 Å². The SMILES string of the molecule is SC1=C(S)c2ccccc2C1. The van der Waals surface area contributed by atoms with Crippen molar-refractivity contribution in [2.24, 2.45) is 0 Å². The third kappa shape index (κ3) is 1.10. The van der Waals surface area contributed by atoms with Crippen molar-refractivity contribution in [2.45, 2.75) is 6.42 Å². The van der Waals surface area contributed by atoms with Crippen molar-refractivity contribution < 1.29 is 0 Å². The molecule has 0 spiro atoms. The van der Waals surface area contributed by atoms with Gasteiger partial charge in [0.1, 0.15) is 0 Å². The van der Waals surface area contributed by atoms with Crippen LogP contribution in [0.4, 0.5) is 0 Å². The largest absolute Gasteiger partial charge is 0.146 e. The molecule has 56 valence electrons. The van der Waals surface area contributed by atoms with Crippen molar-refractivity contribution >= 4 is 30.2 Å². The predicted molar refractivity (Wildman–Crippen MR) is 55.0 cm³/mol. The van der Waals surface area contributed by atoms with Crippen molar-refractivity contribution in [3.05, 3.63) is 40.3 Å². The van der Waals surface area contributed by atoms with Gasteiger partial charge >= 0.3 is 0 Å². The predicted octanol–water partition coefficient (Wildman–Crippen LogP) is 2.77. The Hall–Kier alpha value is -0.340. The van der Waals surface area contributed by atoms with E-state index in [0.717, 1.165) is 16.2 Å². The maximum atomic E-state index is 4.37. The Morgan fingerprint density at radius 2 is 1.82 bits per heavy atom. The standard InChI is InChI=1S/C9H8S2/c10-8-5-6-3-1-2-4-7(6)9(8)11/h1-4,10-11H,5H2. The molecule has 0 N–H and O–H groups in total. The third-order valence-electron chi connectivity index (χ3n) is 1.90. The summed E-state index contributed by atoms with van der Waals surface area (Å²) in [5.74, 6) is 0. The Kier molecular flexibility index (Phi) is 1.74. The second-order valence-corrected chi connectivity index (χ2v) is 3.62. The average Bonchev–Trinajstić information content (AvgIpc) is 2.30. The maximum Gasteiger partial charge on any atom is 0.0212 e. The van der Waals surface area contributed by atoms with E-state index in [4.69, 9.17) is 0 Å². The van der Waals surface area contributed by atoms with Gasteiger partial charge < -0.3 is 0 Å². The second kappa shape index (κ2) is 2.61. The van der Waals surface area contributed by atoms with Gasteiger partial charge in [0.2, 0.25) is 0 Å². The van der Waals surface area contributed by atoms with Crippen LogP contribution in [0.3, 0.4) is 0 Å². The smallest absolute Gasteiger partial charge is 0.0212 e. The monoisotopic (exact) mass is 180 g/mol. The minimum Gasteiger partial charge on any atom is -0.146 e. The van der Waals surface area contributed by atoms with E-state index in [9.17, 15) is 0 Å². The molecular weight excluding hydrogens is 172 g/mol. The lowest BCUT2D eigenvalue weighted by atomic mass is 10.1. The summed E-state index contributed by atoms with van der Waals surface area (Å²) in [6.45, 7) is 0. The molecule has 0 nitrogen and oxygen atoms in total. The molecule has 1 aliphatic carbocycles. The van der Waals surface area contributed by atoms with Gasteiger partial charge in [0, 0.05) is 11.3 Å². The van der Waals surface area contributed by atoms with Gasteiger partial charge in [-0.1, -0.05) is 24.3 Å². The summed E-state index contributed by atoms with van der Waals surface area (Å²) >= 11 is 8.71. The van der Waals surface area contributed by atoms with Crippen LogP contribution in [0, 0.1) is 0 Å². The number of hydrogen-bond acceptors (Lipinski definition) is 2. The first-order chi connectivity index (χ1) is 5.29. The molecule has 0 radical (unpaired) electrons. The van der Waals surface area contributed by atoms with Crippen LogP contribution in [0.1, 0.15) is 11.1 Å². The first-order valence-corrected chi connectivity index (χ1v) is 4.38. The summed E-state index contributed by atoms with van der Waals surface area (Å²) in [6.07, 6.45) is 0.943. The highest BCUT2D eigenvalue weighted by Gasteiger charge is 2.15. The summed E-state index contributed by atoms with van der Waals surface area (Å²) in [7, 11) is 0. The lowest BCUT2D eigenvalue weighted by Gasteiger charge is -1.96. The van der Waals surface area contributed by atoms with Crippen LogP contribution in [0.5, 0.6) is 0 Å². The van der Waals surface area contributed by atoms with Crippen LogP contribution in [-0.2, 0) is 6.42 Å². The highest BCUT2D eigenvalue weighted by molar-refractivity contribution is 7.93. The van der Waals surface area contributed by atoms with Gasteiger partial charge in [0.15, 0.2) is 0 Å². The van der Waals surface area contributed by atoms with Crippen molar-refractivity contribution in [2.75, 3.05) is 0 Å². The lowest BCUT2D eigenvalue weighted by Crippen LogP contribution is -1.79. The molecule has 0 aliphatic heterocycles. The lowest BCUT2D eigenvalue weighted by molar-refractivity contribution is 1.29. The van der Waals surface area contributed by atoms with Crippen LogP contribution in [-0.4, -0.2) is 0 Å². The normalized spacial score (nSPS) is 15.5. The van der Waals surface area contributed by atoms with E-state index in [2.05, 4.69) is 37.4 Å². The van der Waals surface area contributed by atoms with Gasteiger partial charge in [0.05, 0.1) is 0 Å². The molecule has 0 atom stereocenters. The molecule has 2 heteroatoms. The minimum atomic E-state index is 0.943. The van der Waals surface area contributed by atoms with Gasteiger partial charge in [-0.25, -0.2) is 0 Å². The Balaban J connectivity index is 2.60. The minimum absolute atomic E-state index is 0.943. The van der Waals surface area contributed by atoms with E-state index in [1.165, 1.54) is 11.1 Å². The van der Waals surface area contributed by atoms with E-state index in [1.807, 2.05) is 12.1 Å². The van der Waals surface area contributed by atoms with Crippen LogP contribution in [0.2, 0.25) is 0 Å². The van der Waals surface area contributed by atoms with Crippen LogP contribution in [0.25, 0.3) is 4.91 Å². The summed E-state index contributed by atoms with van der Waals surface area (Å²) < 4.78 is 0. The molecule has 11 heavy (non-hydrogen) atoms. The fourth-order valence-electron chi connectivity index (χ4n) is 1.33. The highest BCUT2D eigenvalue weighted by Crippen LogP contribution is 2.36. The number of allylic oxidation sites excluding steroid dienone is 1. The number of thiol groups is 2. The molecule has 0 saturated heterocycles. The van der Waals surface area contributed by atoms with E-state index in [-0.39, 0.29) is 0 Å². The maximum absolute atomic E-state index is 4.37. The molecule has 0 heterocycles. The summed E-state index contributed by atoms with van der Waals surface area (Å²) in [5, 5.41) is 0. The Labute approximate surface area is 77.1 Å². The summed E-state index contributed by atoms with van der Waals surface area (Å²) in [6, 6.07) is 8.28. The molecule has 1 aromatic rings. The van der Waals surface area contributed by atoms with Crippen molar-refractivity contribution in [3.8, 4) is 0 Å². The first kappa shape index (κ1) is 7.32. The second-order valence-electron chi connectivity index (χ2n) is 2.63. The molecule has 0 aromatic heterocycles. The van der Waals surface area contributed by atoms with Gasteiger partial charge in [-0.3, -0.25) is 0 Å². The molecule has 0 saturated carbocycles. The molecule has 1 aromatic carbocycles. The van der Waals surface area contributed by atoms with Crippen LogP contribution < -0.4 is 0 Å². The van der Waals surface area contributed by atoms with Crippen molar-refractivity contribution in [3.63, 3.8) is 0 Å². The first-order valence-electron chi connectivity index (χ1n) is 3.48. The van der Waals surface area contributed by atoms with Gasteiger partial charge in [-0.15, -0.1) is 25.3 Å². The third-order valence-corrected chi connectivity index (χ3v) is 2.97. The number of rotatable bonds is 0. The van der Waals surface area contributed by atoms with E-state index in [0.29, 0.717) is 0 Å². The van der Waals surface area contributed by atoms with Gasteiger partial charge in [-0.05, 0) is 16.0 Å². The zero-order valence-corrected chi connectivity index (χ0v) is 7.70. The number of fused-ring (bicyclic) bond motifs is 1. The molecule has 1 aliphatic rings. The topological polar surface area (TPSA) is 0 Å². The van der Waals surface area contributed by atoms with Crippen molar-refractivity contribution in [1.29, 1.82) is 0 Å². The Bertz CT molecular complexity index is 326. The molecule has 2 rings (SSSR count). The quantitative estimate of drug-likeness (QED) is 0.564. The molecule has 0 bridgehead atoms. The van der Waals surface area contributed by atoms with Crippen LogP contribution in [0.15, 0.2) is 29.2 Å². The summed E-state index contributed by atoms with van der Waals surface area (Å²) in [4.78, 5) is 2.11.